The van der Waals surface area contributed by atoms with Gasteiger partial charge in [0.15, 0.2) is 0 Å². The molecule has 1 N–H and O–H groups in total. The van der Waals surface area contributed by atoms with Crippen molar-refractivity contribution in [2.24, 2.45) is 0 Å². The molecule has 30 heavy (non-hydrogen) atoms. The fraction of sp³-hybridized carbons (Fsp3) is 0.136. The molecule has 2 aromatic heterocycles. The van der Waals surface area contributed by atoms with Crippen LogP contribution in [0.1, 0.15) is 16.3 Å². The molecule has 0 unspecified atom stereocenters. The Morgan fingerprint density at radius 2 is 1.93 bits per heavy atom. The summed E-state index contributed by atoms with van der Waals surface area (Å²) in [4.78, 5) is 16.7. The van der Waals surface area contributed by atoms with Crippen molar-refractivity contribution in [2.45, 2.75) is 19.6 Å². The molecule has 2 heterocycles. The number of para-hydroxylation sites is 1. The molecule has 4 rings (SSSR count). The number of benzene rings is 2. The first-order chi connectivity index (χ1) is 14.7. The number of hydrogen-bond acceptors (Lipinski definition) is 5. The van der Waals surface area contributed by atoms with Crippen LogP contribution in [0.4, 0.5) is 0 Å². The van der Waals surface area contributed by atoms with Crippen LogP contribution in [-0.4, -0.2) is 20.7 Å². The molecule has 0 fully saturated rings. The summed E-state index contributed by atoms with van der Waals surface area (Å²) in [5, 5.41) is 10.6. The molecule has 4 aromatic rings. The van der Waals surface area contributed by atoms with Crippen LogP contribution in [0.2, 0.25) is 5.02 Å². The number of carbonyl (C=O) groups excluding carboxylic acids is 1. The van der Waals surface area contributed by atoms with E-state index in [-0.39, 0.29) is 12.3 Å². The van der Waals surface area contributed by atoms with Crippen molar-refractivity contribution < 1.29 is 9.53 Å². The van der Waals surface area contributed by atoms with Crippen LogP contribution >= 0.6 is 22.9 Å². The number of carbonyl (C=O) groups is 1. The van der Waals surface area contributed by atoms with Crippen LogP contribution in [0.25, 0.3) is 5.69 Å². The molecule has 6 nitrogen and oxygen atoms in total. The summed E-state index contributed by atoms with van der Waals surface area (Å²) in [7, 11) is 0. The van der Waals surface area contributed by atoms with Crippen molar-refractivity contribution in [1.29, 1.82) is 0 Å². The number of thiazole rings is 1. The quantitative estimate of drug-likeness (QED) is 0.442. The van der Waals surface area contributed by atoms with E-state index in [1.165, 1.54) is 11.3 Å². The zero-order chi connectivity index (χ0) is 20.8. The van der Waals surface area contributed by atoms with Crippen LogP contribution in [0.5, 0.6) is 5.75 Å². The maximum absolute atomic E-state index is 12.3. The third-order valence-corrected chi connectivity index (χ3v) is 5.39. The Labute approximate surface area is 183 Å². The summed E-state index contributed by atoms with van der Waals surface area (Å²) in [6, 6.07) is 17.0. The van der Waals surface area contributed by atoms with Crippen molar-refractivity contribution in [1.82, 2.24) is 20.1 Å². The molecule has 152 valence electrons. The third-order valence-electron chi connectivity index (χ3n) is 4.26. The minimum Gasteiger partial charge on any atom is -0.486 e. The SMILES string of the molecule is O=C(Cc1csc(COc2ccc(Cl)cc2)n1)NCc1cnn(-c2ccccc2)c1. The van der Waals surface area contributed by atoms with Gasteiger partial charge in [0.2, 0.25) is 5.91 Å². The van der Waals surface area contributed by atoms with E-state index in [1.54, 1.807) is 23.0 Å². The molecule has 0 spiro atoms. The molecule has 0 aliphatic rings. The van der Waals surface area contributed by atoms with Gasteiger partial charge in [0.05, 0.1) is 24.0 Å². The van der Waals surface area contributed by atoms with Gasteiger partial charge in [-0.3, -0.25) is 4.79 Å². The maximum Gasteiger partial charge on any atom is 0.226 e. The van der Waals surface area contributed by atoms with Gasteiger partial charge >= 0.3 is 0 Å². The Balaban J connectivity index is 1.24. The number of nitrogens with zero attached hydrogens (tertiary/aromatic N) is 3. The summed E-state index contributed by atoms with van der Waals surface area (Å²) in [6.45, 7) is 0.773. The minimum absolute atomic E-state index is 0.0852. The Bertz CT molecular complexity index is 1110. The highest BCUT2D eigenvalue weighted by molar-refractivity contribution is 7.09. The van der Waals surface area contributed by atoms with Gasteiger partial charge in [-0.2, -0.15) is 5.10 Å². The Kier molecular flexibility index (Phi) is 6.41. The zero-order valence-corrected chi connectivity index (χ0v) is 17.6. The summed E-state index contributed by atoms with van der Waals surface area (Å²) in [5.74, 6) is 0.642. The smallest absolute Gasteiger partial charge is 0.226 e. The highest BCUT2D eigenvalue weighted by Gasteiger charge is 2.09. The van der Waals surface area contributed by atoms with E-state index < -0.39 is 0 Å². The Morgan fingerprint density at radius 1 is 1.13 bits per heavy atom. The van der Waals surface area contributed by atoms with Gasteiger partial charge in [-0.1, -0.05) is 29.8 Å². The normalized spacial score (nSPS) is 10.7. The van der Waals surface area contributed by atoms with Crippen LogP contribution in [0, 0.1) is 0 Å². The monoisotopic (exact) mass is 438 g/mol. The van der Waals surface area contributed by atoms with Gasteiger partial charge in [0.25, 0.3) is 0 Å². The number of nitrogens with one attached hydrogen (secondary N) is 1. The lowest BCUT2D eigenvalue weighted by molar-refractivity contribution is -0.120. The average Bonchev–Trinajstić information content (AvgIpc) is 3.42. The number of ether oxygens (including phenoxy) is 1. The topological polar surface area (TPSA) is 69.0 Å². The first kappa shape index (κ1) is 20.1. The second-order valence-corrected chi connectivity index (χ2v) is 7.94. The molecule has 0 bridgehead atoms. The highest BCUT2D eigenvalue weighted by Crippen LogP contribution is 2.18. The Morgan fingerprint density at radius 3 is 2.73 bits per heavy atom. The van der Waals surface area contributed by atoms with E-state index in [2.05, 4.69) is 15.4 Å². The second-order valence-electron chi connectivity index (χ2n) is 6.56. The number of aromatic nitrogens is 3. The zero-order valence-electron chi connectivity index (χ0n) is 16.0. The van der Waals surface area contributed by atoms with Gasteiger partial charge in [-0.25, -0.2) is 9.67 Å². The molecule has 2 aromatic carbocycles. The van der Waals surface area contributed by atoms with Gasteiger partial charge < -0.3 is 10.1 Å². The lowest BCUT2D eigenvalue weighted by Crippen LogP contribution is -2.24. The lowest BCUT2D eigenvalue weighted by atomic mass is 10.3. The lowest BCUT2D eigenvalue weighted by Gasteiger charge is -2.04. The molecule has 0 aliphatic heterocycles. The van der Waals surface area contributed by atoms with Crippen LogP contribution in [0.3, 0.4) is 0 Å². The van der Waals surface area contributed by atoms with Crippen molar-refractivity contribution in [2.75, 3.05) is 0 Å². The molecule has 0 saturated heterocycles. The van der Waals surface area contributed by atoms with E-state index in [9.17, 15) is 4.79 Å². The van der Waals surface area contributed by atoms with E-state index >= 15 is 0 Å². The molecular formula is C22H19ClN4O2S. The average molecular weight is 439 g/mol. The summed E-state index contributed by atoms with van der Waals surface area (Å²) in [6.07, 6.45) is 3.89. The first-order valence-electron chi connectivity index (χ1n) is 9.33. The summed E-state index contributed by atoms with van der Waals surface area (Å²) >= 11 is 7.34. The molecule has 0 radical (unpaired) electrons. The summed E-state index contributed by atoms with van der Waals surface area (Å²) < 4.78 is 7.48. The standard InChI is InChI=1S/C22H19ClN4O2S/c23-17-6-8-20(9-7-17)29-14-22-26-18(15-30-22)10-21(28)24-11-16-12-25-27(13-16)19-4-2-1-3-5-19/h1-9,12-13,15H,10-11,14H2,(H,24,28). The van der Waals surface area contributed by atoms with E-state index in [0.717, 1.165) is 27.7 Å². The Hall–Kier alpha value is -3.16. The largest absolute Gasteiger partial charge is 0.486 e. The van der Waals surface area contributed by atoms with Crippen LogP contribution in [-0.2, 0) is 24.4 Å². The second kappa shape index (κ2) is 9.56. The number of hydrogen-bond donors (Lipinski definition) is 1. The van der Waals surface area contributed by atoms with Crippen LogP contribution in [0.15, 0.2) is 72.4 Å². The van der Waals surface area contributed by atoms with E-state index in [1.807, 2.05) is 54.0 Å². The molecule has 0 aliphatic carbocycles. The molecule has 0 atom stereocenters. The van der Waals surface area contributed by atoms with E-state index in [0.29, 0.717) is 18.2 Å². The number of halogens is 1. The highest BCUT2D eigenvalue weighted by atomic mass is 35.5. The number of rotatable bonds is 8. The van der Waals surface area contributed by atoms with Crippen molar-refractivity contribution in [3.05, 3.63) is 93.7 Å². The van der Waals surface area contributed by atoms with Crippen LogP contribution < -0.4 is 10.1 Å². The predicted molar refractivity (Wildman–Crippen MR) is 117 cm³/mol. The van der Waals surface area contributed by atoms with Gasteiger partial charge in [-0.15, -0.1) is 11.3 Å². The van der Waals surface area contributed by atoms with Gasteiger partial charge in [0.1, 0.15) is 17.4 Å². The molecule has 1 amide bonds. The van der Waals surface area contributed by atoms with E-state index in [4.69, 9.17) is 16.3 Å². The van der Waals surface area contributed by atoms with Crippen molar-refractivity contribution in [3.63, 3.8) is 0 Å². The molecular weight excluding hydrogens is 420 g/mol. The predicted octanol–water partition coefficient (Wildman–Crippen LogP) is 4.42. The van der Waals surface area contributed by atoms with Crippen molar-refractivity contribution >= 4 is 28.8 Å². The number of amides is 1. The molecule has 8 heteroatoms. The maximum atomic E-state index is 12.3. The third kappa shape index (κ3) is 5.46. The van der Waals surface area contributed by atoms with Crippen molar-refractivity contribution in [3.8, 4) is 11.4 Å². The van der Waals surface area contributed by atoms with Gasteiger partial charge in [0, 0.05) is 28.7 Å². The van der Waals surface area contributed by atoms with Gasteiger partial charge in [-0.05, 0) is 36.4 Å². The fourth-order valence-electron chi connectivity index (χ4n) is 2.77. The molecule has 0 saturated carbocycles. The summed E-state index contributed by atoms with van der Waals surface area (Å²) in [5.41, 5.74) is 2.64. The first-order valence-corrected chi connectivity index (χ1v) is 10.6. The minimum atomic E-state index is -0.0852. The fourth-order valence-corrected chi connectivity index (χ4v) is 3.60.